The van der Waals surface area contributed by atoms with Gasteiger partial charge in [-0.3, -0.25) is 4.79 Å². The quantitative estimate of drug-likeness (QED) is 0.846. The smallest absolute Gasteiger partial charge is 0.242 e. The number of sulfonamides is 1. The third-order valence-corrected chi connectivity index (χ3v) is 4.70. The molecule has 122 valence electrons. The van der Waals surface area contributed by atoms with Crippen LogP contribution in [-0.2, 0) is 14.8 Å². The maximum absolute atomic E-state index is 12.2. The molecule has 2 N–H and O–H groups in total. The zero-order valence-corrected chi connectivity index (χ0v) is 13.6. The molecule has 0 bridgehead atoms. The van der Waals surface area contributed by atoms with Crippen molar-refractivity contribution in [3.8, 4) is 5.75 Å². The van der Waals surface area contributed by atoms with Crippen LogP contribution in [0.5, 0.6) is 5.75 Å². The molecule has 0 fully saturated rings. The summed E-state index contributed by atoms with van der Waals surface area (Å²) in [5.74, 6) is 0.0213. The first-order chi connectivity index (χ1) is 10.9. The summed E-state index contributed by atoms with van der Waals surface area (Å²) in [4.78, 5) is 12.3. The van der Waals surface area contributed by atoms with Crippen LogP contribution >= 0.6 is 0 Å². The highest BCUT2D eigenvalue weighted by Crippen LogP contribution is 2.23. The lowest BCUT2D eigenvalue weighted by atomic mass is 10.2. The highest BCUT2D eigenvalue weighted by molar-refractivity contribution is 7.89. The topological polar surface area (TPSA) is 84.5 Å². The number of methoxy groups -OCH3 is 1. The van der Waals surface area contributed by atoms with Gasteiger partial charge in [0.05, 0.1) is 23.7 Å². The van der Waals surface area contributed by atoms with E-state index in [-0.39, 0.29) is 4.90 Å². The Labute approximate surface area is 135 Å². The van der Waals surface area contributed by atoms with E-state index < -0.39 is 22.0 Å². The second kappa shape index (κ2) is 7.26. The fourth-order valence-electron chi connectivity index (χ4n) is 1.94. The minimum Gasteiger partial charge on any atom is -0.495 e. The van der Waals surface area contributed by atoms with Crippen molar-refractivity contribution >= 4 is 21.6 Å². The van der Waals surface area contributed by atoms with Crippen molar-refractivity contribution in [1.29, 1.82) is 0 Å². The zero-order valence-electron chi connectivity index (χ0n) is 12.8. The van der Waals surface area contributed by atoms with E-state index in [1.165, 1.54) is 26.2 Å². The van der Waals surface area contributed by atoms with E-state index >= 15 is 0 Å². The second-order valence-electron chi connectivity index (χ2n) is 4.85. The molecule has 2 aromatic rings. The van der Waals surface area contributed by atoms with E-state index in [9.17, 15) is 13.2 Å². The molecule has 7 heteroatoms. The van der Waals surface area contributed by atoms with Crippen LogP contribution in [0.2, 0.25) is 0 Å². The summed E-state index contributed by atoms with van der Waals surface area (Å²) in [5.41, 5.74) is 0.478. The standard InChI is InChI=1S/C16H18N2O4S/c1-12(18-23(20,21)13-8-4-3-5-9-13)16(19)17-14-10-6-7-11-15(14)22-2/h3-12,18H,1-2H3,(H,17,19)/t12-/m0/s1. The van der Waals surface area contributed by atoms with Crippen LogP contribution in [0, 0.1) is 0 Å². The lowest BCUT2D eigenvalue weighted by molar-refractivity contribution is -0.117. The van der Waals surface area contributed by atoms with Gasteiger partial charge < -0.3 is 10.1 Å². The maximum atomic E-state index is 12.2. The monoisotopic (exact) mass is 334 g/mol. The number of anilines is 1. The van der Waals surface area contributed by atoms with E-state index in [1.54, 1.807) is 42.5 Å². The van der Waals surface area contributed by atoms with Gasteiger partial charge in [0, 0.05) is 0 Å². The number of amides is 1. The van der Waals surface area contributed by atoms with Crippen LogP contribution in [0.1, 0.15) is 6.92 Å². The van der Waals surface area contributed by atoms with Gasteiger partial charge in [-0.05, 0) is 31.2 Å². The van der Waals surface area contributed by atoms with Crippen LogP contribution < -0.4 is 14.8 Å². The van der Waals surface area contributed by atoms with Gasteiger partial charge >= 0.3 is 0 Å². The molecule has 0 saturated carbocycles. The number of ether oxygens (including phenoxy) is 1. The Balaban J connectivity index is 2.09. The van der Waals surface area contributed by atoms with Crippen LogP contribution in [0.3, 0.4) is 0 Å². The lowest BCUT2D eigenvalue weighted by Gasteiger charge is -2.15. The number of carbonyl (C=O) groups excluding carboxylic acids is 1. The van der Waals surface area contributed by atoms with Crippen LogP contribution in [0.15, 0.2) is 59.5 Å². The van der Waals surface area contributed by atoms with Gasteiger partial charge in [-0.1, -0.05) is 30.3 Å². The third-order valence-electron chi connectivity index (χ3n) is 3.14. The van der Waals surface area contributed by atoms with Crippen molar-refractivity contribution in [2.75, 3.05) is 12.4 Å². The van der Waals surface area contributed by atoms with Crippen molar-refractivity contribution < 1.29 is 17.9 Å². The summed E-state index contributed by atoms with van der Waals surface area (Å²) >= 11 is 0. The van der Waals surface area contributed by atoms with E-state index in [0.717, 1.165) is 0 Å². The molecule has 0 aliphatic carbocycles. The van der Waals surface area contributed by atoms with Gasteiger partial charge in [-0.2, -0.15) is 4.72 Å². The SMILES string of the molecule is COc1ccccc1NC(=O)[C@H](C)NS(=O)(=O)c1ccccc1. The Kier molecular flexibility index (Phi) is 5.36. The highest BCUT2D eigenvalue weighted by Gasteiger charge is 2.22. The largest absolute Gasteiger partial charge is 0.495 e. The number of carbonyl (C=O) groups is 1. The van der Waals surface area contributed by atoms with E-state index in [0.29, 0.717) is 11.4 Å². The van der Waals surface area contributed by atoms with Crippen LogP contribution in [0.4, 0.5) is 5.69 Å². The molecule has 2 rings (SSSR count). The Morgan fingerprint density at radius 3 is 2.30 bits per heavy atom. The normalized spacial score (nSPS) is 12.4. The summed E-state index contributed by atoms with van der Waals surface area (Å²) in [6.45, 7) is 1.48. The Hall–Kier alpha value is -2.38. The molecule has 0 aliphatic rings. The number of benzene rings is 2. The molecule has 0 spiro atoms. The van der Waals surface area contributed by atoms with Gasteiger partial charge in [0.2, 0.25) is 15.9 Å². The molecule has 1 atom stereocenters. The van der Waals surface area contributed by atoms with E-state index in [4.69, 9.17) is 4.74 Å². The highest BCUT2D eigenvalue weighted by atomic mass is 32.2. The van der Waals surface area contributed by atoms with Gasteiger partial charge in [-0.15, -0.1) is 0 Å². The molecule has 23 heavy (non-hydrogen) atoms. The van der Waals surface area contributed by atoms with E-state index in [2.05, 4.69) is 10.0 Å². The predicted octanol–water partition coefficient (Wildman–Crippen LogP) is 2.00. The first-order valence-corrected chi connectivity index (χ1v) is 8.43. The van der Waals surface area contributed by atoms with Gasteiger partial charge in [0.15, 0.2) is 0 Å². The van der Waals surface area contributed by atoms with Gasteiger partial charge in [0.25, 0.3) is 0 Å². The molecule has 0 radical (unpaired) electrons. The van der Waals surface area contributed by atoms with Crippen molar-refractivity contribution in [1.82, 2.24) is 4.72 Å². The predicted molar refractivity (Wildman–Crippen MR) is 87.8 cm³/mol. The van der Waals surface area contributed by atoms with Crippen molar-refractivity contribution in [3.05, 3.63) is 54.6 Å². The molecule has 0 saturated heterocycles. The molecule has 1 amide bonds. The Morgan fingerprint density at radius 1 is 1.04 bits per heavy atom. The number of nitrogens with one attached hydrogen (secondary N) is 2. The Morgan fingerprint density at radius 2 is 1.65 bits per heavy atom. The number of para-hydroxylation sites is 2. The minimum absolute atomic E-state index is 0.108. The van der Waals surface area contributed by atoms with Crippen LogP contribution in [0.25, 0.3) is 0 Å². The fourth-order valence-corrected chi connectivity index (χ4v) is 3.17. The molecular weight excluding hydrogens is 316 g/mol. The zero-order chi connectivity index (χ0) is 16.9. The van der Waals surface area contributed by atoms with Crippen molar-refractivity contribution in [3.63, 3.8) is 0 Å². The lowest BCUT2D eigenvalue weighted by Crippen LogP contribution is -2.41. The summed E-state index contributed by atoms with van der Waals surface area (Å²) in [6, 6.07) is 13.8. The number of hydrogen-bond donors (Lipinski definition) is 2. The second-order valence-corrected chi connectivity index (χ2v) is 6.56. The first-order valence-electron chi connectivity index (χ1n) is 6.95. The average Bonchev–Trinajstić information content (AvgIpc) is 2.55. The summed E-state index contributed by atoms with van der Waals surface area (Å²) in [5, 5.41) is 2.64. The molecule has 2 aromatic carbocycles. The molecule has 0 heterocycles. The maximum Gasteiger partial charge on any atom is 0.242 e. The summed E-state index contributed by atoms with van der Waals surface area (Å²) in [7, 11) is -2.26. The van der Waals surface area contributed by atoms with E-state index in [1.807, 2.05) is 0 Å². The van der Waals surface area contributed by atoms with Crippen molar-refractivity contribution in [2.45, 2.75) is 17.9 Å². The Bertz CT molecular complexity index is 776. The molecule has 0 aliphatic heterocycles. The number of rotatable bonds is 6. The van der Waals surface area contributed by atoms with Gasteiger partial charge in [0.1, 0.15) is 5.75 Å². The van der Waals surface area contributed by atoms with Crippen molar-refractivity contribution in [2.24, 2.45) is 0 Å². The van der Waals surface area contributed by atoms with Crippen LogP contribution in [-0.4, -0.2) is 27.5 Å². The minimum atomic E-state index is -3.75. The molecule has 6 nitrogen and oxygen atoms in total. The first kappa shape index (κ1) is 17.0. The third kappa shape index (κ3) is 4.30. The fraction of sp³-hybridized carbons (Fsp3) is 0.188. The van der Waals surface area contributed by atoms with Gasteiger partial charge in [-0.25, -0.2) is 8.42 Å². The molecule has 0 aromatic heterocycles. The summed E-state index contributed by atoms with van der Waals surface area (Å²) in [6.07, 6.45) is 0. The summed E-state index contributed by atoms with van der Waals surface area (Å²) < 4.78 is 31.9. The average molecular weight is 334 g/mol. The number of hydrogen-bond acceptors (Lipinski definition) is 4. The molecular formula is C16H18N2O4S. The molecule has 0 unspecified atom stereocenters.